The number of anilines is 2. The number of nitrogens with zero attached hydrogens (tertiary/aromatic N) is 2. The Morgan fingerprint density at radius 3 is 2.59 bits per heavy atom. The zero-order valence-corrected chi connectivity index (χ0v) is 9.97. The Morgan fingerprint density at radius 2 is 2.00 bits per heavy atom. The second kappa shape index (κ2) is 4.82. The predicted octanol–water partition coefficient (Wildman–Crippen LogP) is 2.24. The van der Waals surface area contributed by atoms with Crippen molar-refractivity contribution in [2.75, 3.05) is 11.4 Å². The summed E-state index contributed by atoms with van der Waals surface area (Å²) in [6.45, 7) is 4.58. The van der Waals surface area contributed by atoms with Crippen LogP contribution in [-0.4, -0.2) is 16.5 Å². The maximum atomic E-state index is 11.4. The van der Waals surface area contributed by atoms with Gasteiger partial charge in [-0.15, -0.1) is 0 Å². The minimum absolute atomic E-state index is 0.123. The lowest BCUT2D eigenvalue weighted by atomic mass is 10.3. The lowest BCUT2D eigenvalue weighted by Gasteiger charge is -2.21. The van der Waals surface area contributed by atoms with Crippen LogP contribution in [0, 0.1) is 6.92 Å². The van der Waals surface area contributed by atoms with Crippen molar-refractivity contribution in [2.45, 2.75) is 13.8 Å². The van der Waals surface area contributed by atoms with E-state index >= 15 is 0 Å². The van der Waals surface area contributed by atoms with Gasteiger partial charge in [-0.3, -0.25) is 4.79 Å². The summed E-state index contributed by atoms with van der Waals surface area (Å²) in [5, 5.41) is 0. The third-order valence-electron chi connectivity index (χ3n) is 2.51. The van der Waals surface area contributed by atoms with Crippen molar-refractivity contribution >= 4 is 11.5 Å². The van der Waals surface area contributed by atoms with E-state index in [1.165, 1.54) is 6.07 Å². The van der Waals surface area contributed by atoms with Crippen LogP contribution < -0.4 is 10.5 Å². The number of aryl methyl sites for hydroxylation is 1. The molecule has 0 bridgehead atoms. The Hall–Kier alpha value is -2.10. The van der Waals surface area contributed by atoms with Crippen molar-refractivity contribution in [1.82, 2.24) is 9.97 Å². The topological polar surface area (TPSA) is 49.0 Å². The van der Waals surface area contributed by atoms with Crippen LogP contribution in [0.1, 0.15) is 12.7 Å². The molecule has 88 valence electrons. The zero-order valence-electron chi connectivity index (χ0n) is 9.97. The van der Waals surface area contributed by atoms with E-state index in [4.69, 9.17) is 0 Å². The SMILES string of the molecule is CCN(c1ccccc1)c1cc(=O)[nH]c(C)n1. The van der Waals surface area contributed by atoms with Crippen molar-refractivity contribution in [3.63, 3.8) is 0 Å². The van der Waals surface area contributed by atoms with Crippen LogP contribution >= 0.6 is 0 Å². The van der Waals surface area contributed by atoms with Crippen molar-refractivity contribution in [3.8, 4) is 0 Å². The number of nitrogens with one attached hydrogen (secondary N) is 1. The highest BCUT2D eigenvalue weighted by Crippen LogP contribution is 2.21. The Kier molecular flexibility index (Phi) is 3.23. The average Bonchev–Trinajstić information content (AvgIpc) is 2.30. The summed E-state index contributed by atoms with van der Waals surface area (Å²) >= 11 is 0. The van der Waals surface area contributed by atoms with E-state index in [0.29, 0.717) is 11.6 Å². The van der Waals surface area contributed by atoms with Gasteiger partial charge in [-0.1, -0.05) is 18.2 Å². The van der Waals surface area contributed by atoms with Gasteiger partial charge in [0.15, 0.2) is 0 Å². The third kappa shape index (κ3) is 2.53. The Labute approximate surface area is 99.9 Å². The molecule has 1 aromatic heterocycles. The molecule has 1 heterocycles. The van der Waals surface area contributed by atoms with Crippen molar-refractivity contribution in [1.29, 1.82) is 0 Å². The quantitative estimate of drug-likeness (QED) is 0.878. The maximum Gasteiger partial charge on any atom is 0.252 e. The molecule has 0 radical (unpaired) electrons. The molecule has 0 saturated heterocycles. The molecular weight excluding hydrogens is 214 g/mol. The summed E-state index contributed by atoms with van der Waals surface area (Å²) in [6.07, 6.45) is 0. The third-order valence-corrected chi connectivity index (χ3v) is 2.51. The molecule has 4 nitrogen and oxygen atoms in total. The Bertz CT molecular complexity index is 548. The first-order chi connectivity index (χ1) is 8.20. The first kappa shape index (κ1) is 11.4. The highest BCUT2D eigenvalue weighted by molar-refractivity contribution is 5.59. The van der Waals surface area contributed by atoms with Gasteiger partial charge >= 0.3 is 0 Å². The standard InChI is InChI=1S/C13H15N3O/c1-3-16(11-7-5-4-6-8-11)12-9-13(17)15-10(2)14-12/h4-9H,3H2,1-2H3,(H,14,15,17). The fourth-order valence-corrected chi connectivity index (χ4v) is 1.79. The van der Waals surface area contributed by atoms with Crippen molar-refractivity contribution in [2.24, 2.45) is 0 Å². The summed E-state index contributed by atoms with van der Waals surface area (Å²) in [6, 6.07) is 11.4. The van der Waals surface area contributed by atoms with Gasteiger partial charge in [-0.25, -0.2) is 4.98 Å². The van der Waals surface area contributed by atoms with E-state index in [9.17, 15) is 4.79 Å². The van der Waals surface area contributed by atoms with E-state index in [0.717, 1.165) is 12.2 Å². The van der Waals surface area contributed by atoms with Crippen LogP contribution in [0.25, 0.3) is 0 Å². The second-order valence-corrected chi connectivity index (χ2v) is 3.77. The molecule has 0 unspecified atom stereocenters. The number of benzene rings is 1. The van der Waals surface area contributed by atoms with Gasteiger partial charge in [0.25, 0.3) is 5.56 Å². The van der Waals surface area contributed by atoms with Crippen molar-refractivity contribution < 1.29 is 0 Å². The first-order valence-corrected chi connectivity index (χ1v) is 5.61. The van der Waals surface area contributed by atoms with Crippen LogP contribution in [-0.2, 0) is 0 Å². The van der Waals surface area contributed by atoms with E-state index in [1.54, 1.807) is 6.92 Å². The van der Waals surface area contributed by atoms with Gasteiger partial charge in [0, 0.05) is 18.3 Å². The lowest BCUT2D eigenvalue weighted by Crippen LogP contribution is -2.21. The van der Waals surface area contributed by atoms with Gasteiger partial charge < -0.3 is 9.88 Å². The van der Waals surface area contributed by atoms with Gasteiger partial charge in [-0.05, 0) is 26.0 Å². The number of H-pyrrole nitrogens is 1. The highest BCUT2D eigenvalue weighted by Gasteiger charge is 2.09. The molecule has 0 fully saturated rings. The van der Waals surface area contributed by atoms with Gasteiger partial charge in [-0.2, -0.15) is 0 Å². The van der Waals surface area contributed by atoms with Gasteiger partial charge in [0.1, 0.15) is 11.6 Å². The molecule has 2 aromatic rings. The first-order valence-electron chi connectivity index (χ1n) is 5.61. The summed E-state index contributed by atoms with van der Waals surface area (Å²) < 4.78 is 0. The number of aromatic nitrogens is 2. The lowest BCUT2D eigenvalue weighted by molar-refractivity contribution is 0.938. The highest BCUT2D eigenvalue weighted by atomic mass is 16.1. The van der Waals surface area contributed by atoms with E-state index in [1.807, 2.05) is 42.2 Å². The minimum Gasteiger partial charge on any atom is -0.326 e. The molecular formula is C13H15N3O. The number of rotatable bonds is 3. The number of para-hydroxylation sites is 1. The number of hydrogen-bond donors (Lipinski definition) is 1. The smallest absolute Gasteiger partial charge is 0.252 e. The fraction of sp³-hybridized carbons (Fsp3) is 0.231. The molecule has 0 spiro atoms. The molecule has 0 aliphatic rings. The maximum absolute atomic E-state index is 11.4. The molecule has 4 heteroatoms. The average molecular weight is 229 g/mol. The largest absolute Gasteiger partial charge is 0.326 e. The Morgan fingerprint density at radius 1 is 1.29 bits per heavy atom. The predicted molar refractivity (Wildman–Crippen MR) is 68.7 cm³/mol. The summed E-state index contributed by atoms with van der Waals surface area (Å²) in [7, 11) is 0. The van der Waals surface area contributed by atoms with Crippen LogP contribution in [0.5, 0.6) is 0 Å². The molecule has 0 aliphatic heterocycles. The van der Waals surface area contributed by atoms with Crippen LogP contribution in [0.3, 0.4) is 0 Å². The van der Waals surface area contributed by atoms with E-state index in [2.05, 4.69) is 9.97 Å². The van der Waals surface area contributed by atoms with Crippen LogP contribution in [0.2, 0.25) is 0 Å². The summed E-state index contributed by atoms with van der Waals surface area (Å²) in [4.78, 5) is 20.4. The molecule has 17 heavy (non-hydrogen) atoms. The zero-order chi connectivity index (χ0) is 12.3. The second-order valence-electron chi connectivity index (χ2n) is 3.77. The molecule has 0 aliphatic carbocycles. The number of hydrogen-bond acceptors (Lipinski definition) is 3. The minimum atomic E-state index is -0.123. The molecule has 1 aromatic carbocycles. The Balaban J connectivity index is 2.46. The van der Waals surface area contributed by atoms with Gasteiger partial charge in [0.2, 0.25) is 0 Å². The van der Waals surface area contributed by atoms with Gasteiger partial charge in [0.05, 0.1) is 0 Å². The fourth-order valence-electron chi connectivity index (χ4n) is 1.79. The van der Waals surface area contributed by atoms with Crippen LogP contribution in [0.4, 0.5) is 11.5 Å². The monoisotopic (exact) mass is 229 g/mol. The van der Waals surface area contributed by atoms with E-state index < -0.39 is 0 Å². The summed E-state index contributed by atoms with van der Waals surface area (Å²) in [5.41, 5.74) is 0.911. The molecule has 2 rings (SSSR count). The summed E-state index contributed by atoms with van der Waals surface area (Å²) in [5.74, 6) is 1.31. The number of aromatic amines is 1. The molecule has 0 amide bonds. The normalized spacial score (nSPS) is 10.2. The molecule has 0 saturated carbocycles. The van der Waals surface area contributed by atoms with E-state index in [-0.39, 0.29) is 5.56 Å². The van der Waals surface area contributed by atoms with Crippen LogP contribution in [0.15, 0.2) is 41.2 Å². The molecule has 0 atom stereocenters. The van der Waals surface area contributed by atoms with Crippen molar-refractivity contribution in [3.05, 3.63) is 52.6 Å². The molecule has 1 N–H and O–H groups in total.